The Hall–Kier alpha value is -2.66. The van der Waals surface area contributed by atoms with Gasteiger partial charge in [-0.3, -0.25) is 4.79 Å². The lowest BCUT2D eigenvalue weighted by atomic mass is 9.70. The quantitative estimate of drug-likeness (QED) is 0.683. The molecule has 2 aliphatic rings. The zero-order chi connectivity index (χ0) is 22.2. The topological polar surface area (TPSA) is 75.6 Å². The van der Waals surface area contributed by atoms with Crippen LogP contribution in [-0.2, 0) is 9.53 Å². The van der Waals surface area contributed by atoms with Gasteiger partial charge in [0.2, 0.25) is 0 Å². The van der Waals surface area contributed by atoms with Crippen molar-refractivity contribution in [3.8, 4) is 0 Å². The minimum Gasteiger partial charge on any atom is -0.460 e. The molecule has 5 nitrogen and oxygen atoms in total. The van der Waals surface area contributed by atoms with E-state index in [0.29, 0.717) is 17.0 Å². The first-order valence-electron chi connectivity index (χ1n) is 11.0. The maximum absolute atomic E-state index is 13.0. The molecular weight excluding hydrogens is 390 g/mol. The third-order valence-electron chi connectivity index (χ3n) is 8.01. The van der Waals surface area contributed by atoms with Gasteiger partial charge in [-0.25, -0.2) is 4.79 Å². The van der Waals surface area contributed by atoms with E-state index in [1.807, 2.05) is 24.3 Å². The second-order valence-electron chi connectivity index (χ2n) is 9.71. The molecule has 2 aromatic carbocycles. The molecule has 2 bridgehead atoms. The molecule has 31 heavy (non-hydrogen) atoms. The van der Waals surface area contributed by atoms with Crippen molar-refractivity contribution in [2.75, 3.05) is 0 Å². The highest BCUT2D eigenvalue weighted by molar-refractivity contribution is 5.94. The maximum atomic E-state index is 13.0. The van der Waals surface area contributed by atoms with Crippen LogP contribution < -0.4 is 5.32 Å². The molecule has 2 aliphatic carbocycles. The van der Waals surface area contributed by atoms with Crippen LogP contribution in [0.15, 0.2) is 60.7 Å². The van der Waals surface area contributed by atoms with E-state index in [0.717, 1.165) is 19.3 Å². The third-order valence-corrected chi connectivity index (χ3v) is 8.01. The molecule has 2 fully saturated rings. The van der Waals surface area contributed by atoms with Crippen LogP contribution in [-0.4, -0.2) is 29.2 Å². The molecule has 0 saturated heterocycles. The summed E-state index contributed by atoms with van der Waals surface area (Å²) in [7, 11) is 0. The van der Waals surface area contributed by atoms with Gasteiger partial charge in [0.05, 0.1) is 6.04 Å². The van der Waals surface area contributed by atoms with Crippen molar-refractivity contribution in [1.29, 1.82) is 0 Å². The van der Waals surface area contributed by atoms with Crippen molar-refractivity contribution in [1.82, 2.24) is 5.32 Å². The fourth-order valence-electron chi connectivity index (χ4n) is 5.47. The lowest BCUT2D eigenvalue weighted by Gasteiger charge is -2.39. The molecule has 1 amide bonds. The fourth-order valence-corrected chi connectivity index (χ4v) is 5.47. The zero-order valence-electron chi connectivity index (χ0n) is 18.4. The Labute approximate surface area is 183 Å². The van der Waals surface area contributed by atoms with Crippen LogP contribution in [0.25, 0.3) is 0 Å². The number of aliphatic hydroxyl groups excluding tert-OH is 1. The van der Waals surface area contributed by atoms with Gasteiger partial charge in [0.1, 0.15) is 6.10 Å². The van der Waals surface area contributed by atoms with E-state index in [2.05, 4.69) is 26.1 Å². The van der Waals surface area contributed by atoms with E-state index in [4.69, 9.17) is 4.74 Å². The van der Waals surface area contributed by atoms with Gasteiger partial charge in [-0.15, -0.1) is 0 Å². The molecule has 0 aliphatic heterocycles. The van der Waals surface area contributed by atoms with E-state index in [9.17, 15) is 14.7 Å². The highest BCUT2D eigenvalue weighted by Gasteiger charge is 2.63. The average molecular weight is 422 g/mol. The molecule has 0 heterocycles. The first kappa shape index (κ1) is 21.6. The van der Waals surface area contributed by atoms with E-state index >= 15 is 0 Å². The maximum Gasteiger partial charge on any atom is 0.337 e. The molecule has 3 unspecified atom stereocenters. The summed E-state index contributed by atoms with van der Waals surface area (Å²) in [5.41, 5.74) is 1.12. The Kier molecular flexibility index (Phi) is 5.65. The van der Waals surface area contributed by atoms with Crippen molar-refractivity contribution in [3.63, 3.8) is 0 Å². The van der Waals surface area contributed by atoms with Gasteiger partial charge >= 0.3 is 5.97 Å². The Balaban J connectivity index is 1.53. The summed E-state index contributed by atoms with van der Waals surface area (Å²) in [5, 5.41) is 13.8. The first-order valence-corrected chi connectivity index (χ1v) is 11.0. The average Bonchev–Trinajstić information content (AvgIpc) is 3.11. The molecule has 0 radical (unpaired) electrons. The number of fused-ring (bicyclic) bond motifs is 2. The molecule has 5 atom stereocenters. The Morgan fingerprint density at radius 3 is 2.19 bits per heavy atom. The predicted octanol–water partition coefficient (Wildman–Crippen LogP) is 4.28. The normalized spacial score (nSPS) is 28.0. The van der Waals surface area contributed by atoms with Crippen molar-refractivity contribution in [2.45, 2.75) is 58.3 Å². The minimum absolute atomic E-state index is 0.0947. The van der Waals surface area contributed by atoms with Crippen molar-refractivity contribution in [3.05, 3.63) is 71.8 Å². The fraction of sp³-hybridized carbons (Fsp3) is 0.462. The molecule has 4 rings (SSSR count). The van der Waals surface area contributed by atoms with E-state index in [1.54, 1.807) is 36.4 Å². The lowest BCUT2D eigenvalue weighted by Crippen LogP contribution is -2.45. The Morgan fingerprint density at radius 2 is 1.65 bits per heavy atom. The van der Waals surface area contributed by atoms with Crippen LogP contribution in [0.3, 0.4) is 0 Å². The van der Waals surface area contributed by atoms with Gasteiger partial charge in [-0.05, 0) is 48.3 Å². The molecule has 2 N–H and O–H groups in total. The molecule has 164 valence electrons. The second kappa shape index (κ2) is 8.12. The molecule has 5 heteroatoms. The number of nitrogens with one attached hydrogen (secondary N) is 1. The number of carbonyl (C=O) groups excluding carboxylic acids is 2. The van der Waals surface area contributed by atoms with Crippen LogP contribution in [0.4, 0.5) is 0 Å². The van der Waals surface area contributed by atoms with E-state index in [-0.39, 0.29) is 22.8 Å². The summed E-state index contributed by atoms with van der Waals surface area (Å²) in [6.07, 6.45) is 1.28. The van der Waals surface area contributed by atoms with Crippen LogP contribution in [0, 0.1) is 16.7 Å². The largest absolute Gasteiger partial charge is 0.460 e. The highest BCUT2D eigenvalue weighted by Crippen LogP contribution is 2.66. The lowest BCUT2D eigenvalue weighted by molar-refractivity contribution is -0.168. The van der Waals surface area contributed by atoms with Crippen LogP contribution in [0.2, 0.25) is 0 Å². The molecule has 0 spiro atoms. The number of esters is 1. The third kappa shape index (κ3) is 3.76. The van der Waals surface area contributed by atoms with Crippen LogP contribution in [0.5, 0.6) is 0 Å². The summed E-state index contributed by atoms with van der Waals surface area (Å²) in [5.74, 6) is -0.513. The van der Waals surface area contributed by atoms with Crippen molar-refractivity contribution in [2.24, 2.45) is 16.7 Å². The smallest absolute Gasteiger partial charge is 0.337 e. The Bertz CT molecular complexity index is 942. The SMILES string of the molecule is CC1(C)C2CCC1(C)C(OC(=O)[C@H](O)[C@@H](NC(=O)c1ccccc1)c1ccccc1)C2. The number of aliphatic hydroxyl groups is 1. The summed E-state index contributed by atoms with van der Waals surface area (Å²) in [6, 6.07) is 16.9. The predicted molar refractivity (Wildman–Crippen MR) is 118 cm³/mol. The molecule has 2 aromatic rings. The number of hydrogen-bond acceptors (Lipinski definition) is 4. The van der Waals surface area contributed by atoms with Gasteiger partial charge in [0.25, 0.3) is 5.91 Å². The number of hydrogen-bond donors (Lipinski definition) is 2. The van der Waals surface area contributed by atoms with Gasteiger partial charge in [0, 0.05) is 11.0 Å². The standard InChI is InChI=1S/C26H31NO4/c1-25(2)19-14-15-26(25,3)20(16-19)31-24(30)22(28)21(17-10-6-4-7-11-17)27-23(29)18-12-8-5-9-13-18/h4-13,19-22,28H,14-16H2,1-3H3,(H,27,29)/t19?,20?,21-,22+,26?/m0/s1. The number of benzene rings is 2. The van der Waals surface area contributed by atoms with Gasteiger partial charge in [-0.1, -0.05) is 69.3 Å². The van der Waals surface area contributed by atoms with E-state index < -0.39 is 18.1 Å². The van der Waals surface area contributed by atoms with Gasteiger partial charge in [0.15, 0.2) is 6.10 Å². The second-order valence-corrected chi connectivity index (χ2v) is 9.71. The summed E-state index contributed by atoms with van der Waals surface area (Å²) in [4.78, 5) is 25.8. The Morgan fingerprint density at radius 1 is 1.03 bits per heavy atom. The van der Waals surface area contributed by atoms with E-state index in [1.165, 1.54) is 0 Å². The number of amides is 1. The van der Waals surface area contributed by atoms with Gasteiger partial charge in [-0.2, -0.15) is 0 Å². The van der Waals surface area contributed by atoms with Crippen molar-refractivity contribution >= 4 is 11.9 Å². The zero-order valence-corrected chi connectivity index (χ0v) is 18.4. The summed E-state index contributed by atoms with van der Waals surface area (Å²) >= 11 is 0. The van der Waals surface area contributed by atoms with Crippen LogP contribution in [0.1, 0.15) is 62.0 Å². The van der Waals surface area contributed by atoms with Crippen molar-refractivity contribution < 1.29 is 19.4 Å². The van der Waals surface area contributed by atoms with Gasteiger partial charge < -0.3 is 15.2 Å². The molecule has 2 saturated carbocycles. The minimum atomic E-state index is -1.50. The van der Waals surface area contributed by atoms with Crippen LogP contribution >= 0.6 is 0 Å². The molecular formula is C26H31NO4. The first-order chi connectivity index (χ1) is 14.7. The molecule has 0 aromatic heterocycles. The number of carbonyl (C=O) groups is 2. The summed E-state index contributed by atoms with van der Waals surface area (Å²) in [6.45, 7) is 6.69. The number of ether oxygens (including phenoxy) is 1. The monoisotopic (exact) mass is 421 g/mol. The summed E-state index contributed by atoms with van der Waals surface area (Å²) < 4.78 is 5.90. The highest BCUT2D eigenvalue weighted by atomic mass is 16.6. The number of rotatable bonds is 6.